The number of hydrogen-bond acceptors (Lipinski definition) is 2. The van der Waals surface area contributed by atoms with Gasteiger partial charge in [-0.2, -0.15) is 0 Å². The average molecular weight is 261 g/mol. The minimum Gasteiger partial charge on any atom is -0.350 e. The molecule has 1 N–H and O–H groups in total. The number of halogens is 1. The lowest BCUT2D eigenvalue weighted by Gasteiger charge is -2.30. The van der Waals surface area contributed by atoms with Gasteiger partial charge in [0.15, 0.2) is 0 Å². The molecule has 0 amide bonds. The second-order valence-corrected chi connectivity index (χ2v) is 5.54. The summed E-state index contributed by atoms with van der Waals surface area (Å²) in [5, 5.41) is 4.72. The third-order valence-corrected chi connectivity index (χ3v) is 3.96. The molecule has 1 aliphatic rings. The number of benzene rings is 1. The van der Waals surface area contributed by atoms with Gasteiger partial charge in [0.1, 0.15) is 5.82 Å². The second kappa shape index (κ2) is 4.94. The summed E-state index contributed by atoms with van der Waals surface area (Å²) in [5.41, 5.74) is 2.27. The Morgan fingerprint density at radius 2 is 2.21 bits per heavy atom. The van der Waals surface area contributed by atoms with Gasteiger partial charge >= 0.3 is 0 Å². The van der Waals surface area contributed by atoms with E-state index in [0.29, 0.717) is 6.04 Å². The van der Waals surface area contributed by atoms with Crippen molar-refractivity contribution in [3.05, 3.63) is 35.8 Å². The average Bonchev–Trinajstić information content (AvgIpc) is 2.66. The van der Waals surface area contributed by atoms with Crippen LogP contribution in [-0.4, -0.2) is 42.2 Å². The number of aromatic nitrogens is 1. The molecule has 1 unspecified atom stereocenters. The third kappa shape index (κ3) is 2.51. The van der Waals surface area contributed by atoms with Gasteiger partial charge in [0, 0.05) is 44.3 Å². The number of nitrogens with one attached hydrogen (secondary N) is 1. The van der Waals surface area contributed by atoms with Gasteiger partial charge < -0.3 is 14.8 Å². The molecule has 102 valence electrons. The van der Waals surface area contributed by atoms with E-state index in [1.807, 2.05) is 17.7 Å². The summed E-state index contributed by atoms with van der Waals surface area (Å²) in [5.74, 6) is -0.171. The van der Waals surface area contributed by atoms with Crippen molar-refractivity contribution in [3.63, 3.8) is 0 Å². The molecule has 0 spiro atoms. The highest BCUT2D eigenvalue weighted by Crippen LogP contribution is 2.23. The largest absolute Gasteiger partial charge is 0.350 e. The zero-order chi connectivity index (χ0) is 13.4. The molecular formula is C15H20FN3. The first-order chi connectivity index (χ1) is 9.13. The number of nitrogens with zero attached hydrogens (tertiary/aromatic N) is 2. The molecule has 1 atom stereocenters. The maximum atomic E-state index is 13.3. The van der Waals surface area contributed by atoms with E-state index in [1.54, 1.807) is 12.1 Å². The van der Waals surface area contributed by atoms with Gasteiger partial charge in [0.2, 0.25) is 0 Å². The van der Waals surface area contributed by atoms with Gasteiger partial charge in [0.25, 0.3) is 0 Å². The lowest BCUT2D eigenvalue weighted by atomic mass is 10.0. The van der Waals surface area contributed by atoms with Crippen molar-refractivity contribution in [3.8, 4) is 0 Å². The summed E-state index contributed by atoms with van der Waals surface area (Å²) in [4.78, 5) is 2.35. The molecule has 0 bridgehead atoms. The first-order valence-corrected chi connectivity index (χ1v) is 6.79. The van der Waals surface area contributed by atoms with Gasteiger partial charge in [0.05, 0.1) is 5.52 Å². The van der Waals surface area contributed by atoms with E-state index in [1.165, 1.54) is 10.9 Å². The number of fused-ring (bicyclic) bond motifs is 1. The standard InChI is InChI=1S/C15H20FN3/c1-18-6-5-17-13(10-18)7-11-9-19(2)15-8-12(16)3-4-14(11)15/h3-4,8-9,13,17H,5-7,10H2,1-2H3. The number of rotatable bonds is 2. The quantitative estimate of drug-likeness (QED) is 0.889. The molecule has 3 nitrogen and oxygen atoms in total. The first-order valence-electron chi connectivity index (χ1n) is 6.79. The van der Waals surface area contributed by atoms with E-state index >= 15 is 0 Å². The molecular weight excluding hydrogens is 241 g/mol. The zero-order valence-electron chi connectivity index (χ0n) is 11.5. The van der Waals surface area contributed by atoms with E-state index in [4.69, 9.17) is 0 Å². The molecule has 4 heteroatoms. The Kier molecular flexibility index (Phi) is 3.29. The highest BCUT2D eigenvalue weighted by Gasteiger charge is 2.18. The summed E-state index contributed by atoms with van der Waals surface area (Å²) in [6.07, 6.45) is 3.12. The molecule has 1 aliphatic heterocycles. The van der Waals surface area contributed by atoms with Crippen LogP contribution in [0.3, 0.4) is 0 Å². The van der Waals surface area contributed by atoms with Crippen molar-refractivity contribution in [2.45, 2.75) is 12.5 Å². The van der Waals surface area contributed by atoms with Crippen LogP contribution < -0.4 is 5.32 Å². The molecule has 1 fully saturated rings. The van der Waals surface area contributed by atoms with Gasteiger partial charge in [-0.05, 0) is 37.2 Å². The minimum atomic E-state index is -0.171. The lowest BCUT2D eigenvalue weighted by Crippen LogP contribution is -2.49. The monoisotopic (exact) mass is 261 g/mol. The van der Waals surface area contributed by atoms with Crippen LogP contribution in [0.25, 0.3) is 10.9 Å². The van der Waals surface area contributed by atoms with Crippen molar-refractivity contribution in [2.75, 3.05) is 26.7 Å². The lowest BCUT2D eigenvalue weighted by molar-refractivity contribution is 0.238. The number of piperazine rings is 1. The van der Waals surface area contributed by atoms with Gasteiger partial charge in [-0.1, -0.05) is 0 Å². The Morgan fingerprint density at radius 3 is 3.00 bits per heavy atom. The van der Waals surface area contributed by atoms with Crippen LogP contribution >= 0.6 is 0 Å². The van der Waals surface area contributed by atoms with Crippen LogP contribution in [0.4, 0.5) is 4.39 Å². The molecule has 0 aliphatic carbocycles. The second-order valence-electron chi connectivity index (χ2n) is 5.54. The minimum absolute atomic E-state index is 0.171. The van der Waals surface area contributed by atoms with Crippen molar-refractivity contribution in [1.82, 2.24) is 14.8 Å². The topological polar surface area (TPSA) is 20.2 Å². The summed E-state index contributed by atoms with van der Waals surface area (Å²) in [6, 6.07) is 5.53. The Labute approximate surface area is 113 Å². The van der Waals surface area contributed by atoms with E-state index in [-0.39, 0.29) is 5.82 Å². The van der Waals surface area contributed by atoms with Crippen LogP contribution in [0.2, 0.25) is 0 Å². The highest BCUT2D eigenvalue weighted by molar-refractivity contribution is 5.84. The smallest absolute Gasteiger partial charge is 0.125 e. The number of aryl methyl sites for hydroxylation is 1. The summed E-state index contributed by atoms with van der Waals surface area (Å²) < 4.78 is 15.3. The molecule has 1 aromatic carbocycles. The fourth-order valence-electron chi connectivity index (χ4n) is 3.00. The Balaban J connectivity index is 1.88. The SMILES string of the molecule is CN1CCNC(Cc2cn(C)c3cc(F)ccc23)C1. The van der Waals surface area contributed by atoms with Crippen molar-refractivity contribution < 1.29 is 4.39 Å². The molecule has 1 aromatic heterocycles. The molecule has 0 saturated carbocycles. The summed E-state index contributed by atoms with van der Waals surface area (Å²) in [6.45, 7) is 3.22. The summed E-state index contributed by atoms with van der Waals surface area (Å²) in [7, 11) is 4.14. The zero-order valence-corrected chi connectivity index (χ0v) is 11.5. The van der Waals surface area contributed by atoms with Crippen LogP contribution in [0, 0.1) is 5.82 Å². The van der Waals surface area contributed by atoms with Crippen molar-refractivity contribution >= 4 is 10.9 Å². The van der Waals surface area contributed by atoms with E-state index in [9.17, 15) is 4.39 Å². The Hall–Kier alpha value is -1.39. The normalized spacial score (nSPS) is 21.1. The number of likely N-dealkylation sites (N-methyl/N-ethyl adjacent to an activating group) is 1. The maximum Gasteiger partial charge on any atom is 0.125 e. The van der Waals surface area contributed by atoms with Crippen LogP contribution in [-0.2, 0) is 13.5 Å². The van der Waals surface area contributed by atoms with Gasteiger partial charge in [-0.15, -0.1) is 0 Å². The molecule has 0 radical (unpaired) electrons. The van der Waals surface area contributed by atoms with Gasteiger partial charge in [-0.25, -0.2) is 4.39 Å². The van der Waals surface area contributed by atoms with Crippen molar-refractivity contribution in [1.29, 1.82) is 0 Å². The molecule has 2 aromatic rings. The molecule has 1 saturated heterocycles. The Bertz CT molecular complexity index is 590. The predicted octanol–water partition coefficient (Wildman–Crippen LogP) is 1.76. The molecule has 2 heterocycles. The molecule has 3 rings (SSSR count). The molecule has 19 heavy (non-hydrogen) atoms. The van der Waals surface area contributed by atoms with E-state index in [0.717, 1.165) is 31.6 Å². The van der Waals surface area contributed by atoms with E-state index in [2.05, 4.69) is 23.5 Å². The van der Waals surface area contributed by atoms with Crippen LogP contribution in [0.1, 0.15) is 5.56 Å². The first kappa shape index (κ1) is 12.6. The van der Waals surface area contributed by atoms with Crippen LogP contribution in [0.15, 0.2) is 24.4 Å². The highest BCUT2D eigenvalue weighted by atomic mass is 19.1. The maximum absolute atomic E-state index is 13.3. The Morgan fingerprint density at radius 1 is 1.37 bits per heavy atom. The number of hydrogen-bond donors (Lipinski definition) is 1. The van der Waals surface area contributed by atoms with Crippen molar-refractivity contribution in [2.24, 2.45) is 7.05 Å². The van der Waals surface area contributed by atoms with Gasteiger partial charge in [-0.3, -0.25) is 0 Å². The van der Waals surface area contributed by atoms with E-state index < -0.39 is 0 Å². The fourth-order valence-corrected chi connectivity index (χ4v) is 3.00. The predicted molar refractivity (Wildman–Crippen MR) is 75.9 cm³/mol. The fraction of sp³-hybridized carbons (Fsp3) is 0.467. The van der Waals surface area contributed by atoms with Crippen LogP contribution in [0.5, 0.6) is 0 Å². The summed E-state index contributed by atoms with van der Waals surface area (Å²) >= 11 is 0. The third-order valence-electron chi connectivity index (χ3n) is 3.96.